The van der Waals surface area contributed by atoms with Crippen LogP contribution in [-0.2, 0) is 16.0 Å². The first kappa shape index (κ1) is 22.2. The SMILES string of the molecule is CCN(C(=O)c1ccc(Cl)c(S(C)(=O)=O)c1)C(C)c1cccc(C(F)(F)F)c1. The number of nitrogens with zero attached hydrogens (tertiary/aromatic N) is 1. The van der Waals surface area contributed by atoms with E-state index in [9.17, 15) is 26.4 Å². The van der Waals surface area contributed by atoms with Crippen LogP contribution in [0, 0.1) is 0 Å². The van der Waals surface area contributed by atoms with Gasteiger partial charge in [-0.3, -0.25) is 4.79 Å². The molecule has 1 atom stereocenters. The van der Waals surface area contributed by atoms with Crippen LogP contribution in [0.25, 0.3) is 0 Å². The van der Waals surface area contributed by atoms with Crippen molar-refractivity contribution in [3.63, 3.8) is 0 Å². The highest BCUT2D eigenvalue weighted by atomic mass is 35.5. The highest BCUT2D eigenvalue weighted by molar-refractivity contribution is 7.90. The van der Waals surface area contributed by atoms with Gasteiger partial charge in [0.2, 0.25) is 0 Å². The summed E-state index contributed by atoms with van der Waals surface area (Å²) in [6.07, 6.45) is -3.51. The van der Waals surface area contributed by atoms with Crippen molar-refractivity contribution in [2.24, 2.45) is 0 Å². The van der Waals surface area contributed by atoms with Crippen molar-refractivity contribution in [3.8, 4) is 0 Å². The van der Waals surface area contributed by atoms with Crippen LogP contribution in [0.3, 0.4) is 0 Å². The van der Waals surface area contributed by atoms with Gasteiger partial charge in [0.1, 0.15) is 0 Å². The summed E-state index contributed by atoms with van der Waals surface area (Å²) in [5.41, 5.74) is -0.390. The minimum Gasteiger partial charge on any atom is -0.332 e. The van der Waals surface area contributed by atoms with E-state index >= 15 is 0 Å². The van der Waals surface area contributed by atoms with Crippen molar-refractivity contribution in [3.05, 3.63) is 64.2 Å². The largest absolute Gasteiger partial charge is 0.416 e. The van der Waals surface area contributed by atoms with Gasteiger partial charge in [-0.1, -0.05) is 23.7 Å². The van der Waals surface area contributed by atoms with Gasteiger partial charge in [0.25, 0.3) is 5.91 Å². The minimum absolute atomic E-state index is 0.00646. The zero-order chi connectivity index (χ0) is 21.3. The standard InChI is InChI=1S/C19H19ClF3NO3S/c1-4-24(12(2)13-6-5-7-15(10-13)19(21,22)23)18(25)14-8-9-16(20)17(11-14)28(3,26)27/h5-12H,4H2,1-3H3. The predicted molar refractivity (Wildman–Crippen MR) is 101 cm³/mol. The van der Waals surface area contributed by atoms with Gasteiger partial charge in [-0.25, -0.2) is 8.42 Å². The second kappa shape index (κ2) is 8.13. The van der Waals surface area contributed by atoms with E-state index in [1.165, 1.54) is 35.2 Å². The molecule has 0 fully saturated rings. The molecule has 1 amide bonds. The van der Waals surface area contributed by atoms with E-state index in [-0.39, 0.29) is 22.0 Å². The van der Waals surface area contributed by atoms with Crippen molar-refractivity contribution in [2.75, 3.05) is 12.8 Å². The summed E-state index contributed by atoms with van der Waals surface area (Å²) in [5.74, 6) is -0.506. The lowest BCUT2D eigenvalue weighted by Gasteiger charge is -2.29. The maximum Gasteiger partial charge on any atom is 0.416 e. The van der Waals surface area contributed by atoms with Gasteiger partial charge < -0.3 is 4.90 Å². The van der Waals surface area contributed by atoms with Crippen LogP contribution in [-0.4, -0.2) is 32.0 Å². The monoisotopic (exact) mass is 433 g/mol. The Kier molecular flexibility index (Phi) is 6.45. The topological polar surface area (TPSA) is 54.5 Å². The van der Waals surface area contributed by atoms with Crippen molar-refractivity contribution in [1.29, 1.82) is 0 Å². The molecule has 28 heavy (non-hydrogen) atoms. The second-order valence-electron chi connectivity index (χ2n) is 6.31. The maximum atomic E-state index is 13.0. The molecule has 0 bridgehead atoms. The van der Waals surface area contributed by atoms with Gasteiger partial charge in [0, 0.05) is 18.4 Å². The quantitative estimate of drug-likeness (QED) is 0.667. The molecular formula is C19H19ClF3NO3S. The molecular weight excluding hydrogens is 415 g/mol. The first-order valence-electron chi connectivity index (χ1n) is 8.34. The Morgan fingerprint density at radius 1 is 1.18 bits per heavy atom. The molecule has 0 radical (unpaired) electrons. The van der Waals surface area contributed by atoms with Gasteiger partial charge in [-0.15, -0.1) is 0 Å². The number of benzene rings is 2. The van der Waals surface area contributed by atoms with Gasteiger partial charge >= 0.3 is 6.18 Å². The number of hydrogen-bond acceptors (Lipinski definition) is 3. The second-order valence-corrected chi connectivity index (χ2v) is 8.70. The Labute approximate surface area is 166 Å². The summed E-state index contributed by atoms with van der Waals surface area (Å²) in [4.78, 5) is 14.1. The van der Waals surface area contributed by atoms with Gasteiger partial charge in [0.15, 0.2) is 9.84 Å². The zero-order valence-electron chi connectivity index (χ0n) is 15.4. The predicted octanol–water partition coefficient (Wildman–Crippen LogP) is 4.99. The number of carbonyl (C=O) groups excluding carboxylic acids is 1. The Bertz CT molecular complexity index is 990. The van der Waals surface area contributed by atoms with Crippen LogP contribution in [0.1, 0.15) is 41.4 Å². The summed E-state index contributed by atoms with van der Waals surface area (Å²) in [5, 5.41) is -0.00646. The van der Waals surface area contributed by atoms with E-state index in [0.717, 1.165) is 18.4 Å². The number of carbonyl (C=O) groups is 1. The Morgan fingerprint density at radius 2 is 1.82 bits per heavy atom. The van der Waals surface area contributed by atoms with Gasteiger partial charge in [-0.05, 0) is 49.7 Å². The molecule has 0 aliphatic heterocycles. The third-order valence-corrected chi connectivity index (χ3v) is 5.92. The molecule has 0 aliphatic rings. The molecule has 0 spiro atoms. The fraction of sp³-hybridized carbons (Fsp3) is 0.316. The van der Waals surface area contributed by atoms with Crippen LogP contribution in [0.15, 0.2) is 47.4 Å². The number of alkyl halides is 3. The molecule has 1 unspecified atom stereocenters. The van der Waals surface area contributed by atoms with Crippen molar-refractivity contribution < 1.29 is 26.4 Å². The number of rotatable bonds is 5. The molecule has 2 rings (SSSR count). The first-order valence-corrected chi connectivity index (χ1v) is 10.6. The van der Waals surface area contributed by atoms with E-state index in [0.29, 0.717) is 5.56 Å². The van der Waals surface area contributed by atoms with E-state index in [2.05, 4.69) is 0 Å². The maximum absolute atomic E-state index is 13.0. The first-order chi connectivity index (χ1) is 12.9. The fourth-order valence-electron chi connectivity index (χ4n) is 2.83. The summed E-state index contributed by atoms with van der Waals surface area (Å²) in [7, 11) is -3.64. The fourth-order valence-corrected chi connectivity index (χ4v) is 4.14. The van der Waals surface area contributed by atoms with Crippen LogP contribution >= 0.6 is 11.6 Å². The molecule has 0 aromatic heterocycles. The van der Waals surface area contributed by atoms with Crippen LogP contribution < -0.4 is 0 Å². The van der Waals surface area contributed by atoms with Gasteiger partial charge in [-0.2, -0.15) is 13.2 Å². The third kappa shape index (κ3) is 4.86. The van der Waals surface area contributed by atoms with Gasteiger partial charge in [0.05, 0.1) is 21.5 Å². The number of hydrogen-bond donors (Lipinski definition) is 0. The van der Waals surface area contributed by atoms with E-state index < -0.39 is 33.5 Å². The molecule has 2 aromatic rings. The molecule has 0 heterocycles. The zero-order valence-corrected chi connectivity index (χ0v) is 17.0. The summed E-state index contributed by atoms with van der Waals surface area (Å²) in [6, 6.07) is 8.00. The lowest BCUT2D eigenvalue weighted by Crippen LogP contribution is -2.33. The third-order valence-electron chi connectivity index (χ3n) is 4.34. The van der Waals surface area contributed by atoms with Crippen molar-refractivity contribution in [1.82, 2.24) is 4.90 Å². The van der Waals surface area contributed by atoms with Crippen molar-refractivity contribution in [2.45, 2.75) is 31.0 Å². The Morgan fingerprint density at radius 3 is 2.36 bits per heavy atom. The average molecular weight is 434 g/mol. The number of amides is 1. The average Bonchev–Trinajstić information content (AvgIpc) is 2.61. The van der Waals surface area contributed by atoms with E-state index in [1.54, 1.807) is 13.8 Å². The van der Waals surface area contributed by atoms with Crippen LogP contribution in [0.2, 0.25) is 5.02 Å². The molecule has 4 nitrogen and oxygen atoms in total. The minimum atomic E-state index is -4.49. The highest BCUT2D eigenvalue weighted by Crippen LogP contribution is 2.32. The normalized spacial score (nSPS) is 13.2. The smallest absolute Gasteiger partial charge is 0.332 e. The highest BCUT2D eigenvalue weighted by Gasteiger charge is 2.31. The molecule has 0 saturated heterocycles. The lowest BCUT2D eigenvalue weighted by molar-refractivity contribution is -0.137. The summed E-state index contributed by atoms with van der Waals surface area (Å²) < 4.78 is 62.6. The van der Waals surface area contributed by atoms with Crippen molar-refractivity contribution >= 4 is 27.3 Å². The molecule has 152 valence electrons. The summed E-state index contributed by atoms with van der Waals surface area (Å²) in [6.45, 7) is 3.52. The number of sulfone groups is 1. The van der Waals surface area contributed by atoms with Crippen LogP contribution in [0.5, 0.6) is 0 Å². The molecule has 2 aromatic carbocycles. The molecule has 0 aliphatic carbocycles. The summed E-state index contributed by atoms with van der Waals surface area (Å²) >= 11 is 5.91. The molecule has 9 heteroatoms. The Hall–Kier alpha value is -2.06. The molecule has 0 saturated carbocycles. The van der Waals surface area contributed by atoms with Crippen LogP contribution in [0.4, 0.5) is 13.2 Å². The van der Waals surface area contributed by atoms with E-state index in [1.807, 2.05) is 0 Å². The number of halogens is 4. The van der Waals surface area contributed by atoms with E-state index in [4.69, 9.17) is 11.6 Å². The molecule has 0 N–H and O–H groups in total. The lowest BCUT2D eigenvalue weighted by atomic mass is 10.0. The Balaban J connectivity index is 2.42.